The van der Waals surface area contributed by atoms with Crippen LogP contribution in [-0.2, 0) is 24.3 Å². The minimum atomic E-state index is -5.18. The monoisotopic (exact) mass is 398 g/mol. The van der Waals surface area contributed by atoms with Crippen LogP contribution in [0.25, 0.3) is 0 Å². The molecule has 3 N–H and O–H groups in total. The first kappa shape index (κ1) is 17.8. The molecule has 0 spiro atoms. The summed E-state index contributed by atoms with van der Waals surface area (Å²) < 4.78 is 62.8. The van der Waals surface area contributed by atoms with Gasteiger partial charge in [-0.2, -0.15) is 13.5 Å². The molecule has 3 amide bonds. The SMILES string of the molecule is O=C(NOC1C2CNCC21)C1CC(F)(F)C2CN1C(=O)N2OS(=O)(=O)O. The van der Waals surface area contributed by atoms with Gasteiger partial charge in [-0.25, -0.2) is 19.1 Å². The molecular formula is C12H16F2N4O7S. The van der Waals surface area contributed by atoms with Gasteiger partial charge in [0.2, 0.25) is 0 Å². The van der Waals surface area contributed by atoms with E-state index in [0.29, 0.717) is 0 Å². The fourth-order valence-electron chi connectivity index (χ4n) is 3.82. The lowest BCUT2D eigenvalue weighted by Crippen LogP contribution is -2.56. The average molecular weight is 398 g/mol. The van der Waals surface area contributed by atoms with Gasteiger partial charge < -0.3 is 10.2 Å². The van der Waals surface area contributed by atoms with Crippen molar-refractivity contribution < 1.29 is 40.5 Å². The molecule has 11 nitrogen and oxygen atoms in total. The topological polar surface area (TPSA) is 138 Å². The number of piperidine rings is 2. The molecule has 0 aromatic carbocycles. The Hall–Kier alpha value is -1.61. The van der Waals surface area contributed by atoms with Gasteiger partial charge in [0.05, 0.1) is 12.6 Å². The molecule has 14 heteroatoms. The molecule has 4 rings (SSSR count). The van der Waals surface area contributed by atoms with E-state index in [0.717, 1.165) is 18.0 Å². The maximum Gasteiger partial charge on any atom is 0.418 e. The zero-order valence-corrected chi connectivity index (χ0v) is 14.0. The van der Waals surface area contributed by atoms with Gasteiger partial charge in [-0.1, -0.05) is 0 Å². The quantitative estimate of drug-likeness (QED) is 0.376. The third-order valence-electron chi connectivity index (χ3n) is 5.20. The summed E-state index contributed by atoms with van der Waals surface area (Å²) in [5.41, 5.74) is 2.13. The Bertz CT molecular complexity index is 740. The van der Waals surface area contributed by atoms with Crippen LogP contribution >= 0.6 is 0 Å². The summed E-state index contributed by atoms with van der Waals surface area (Å²) >= 11 is 0. The van der Waals surface area contributed by atoms with E-state index in [4.69, 9.17) is 9.39 Å². The van der Waals surface area contributed by atoms with Crippen LogP contribution in [0, 0.1) is 11.8 Å². The standard InChI is InChI=1S/C12H16F2N4O7S/c13-12(14)1-7(10(19)16-24-9-5-2-15-3-6(5)9)17-4-8(12)18(11(17)20)25-26(21,22)23/h5-9,15H,1-4H2,(H,16,19)(H,21,22,23). The summed E-state index contributed by atoms with van der Waals surface area (Å²) in [6.45, 7) is 0.875. The van der Waals surface area contributed by atoms with Crippen molar-refractivity contribution >= 4 is 22.3 Å². The van der Waals surface area contributed by atoms with E-state index in [2.05, 4.69) is 15.1 Å². The number of carbonyl (C=O) groups is 2. The third kappa shape index (κ3) is 2.90. The Morgan fingerprint density at radius 3 is 2.62 bits per heavy atom. The van der Waals surface area contributed by atoms with Gasteiger partial charge in [0.15, 0.2) is 0 Å². The van der Waals surface area contributed by atoms with Crippen LogP contribution < -0.4 is 10.8 Å². The Kier molecular flexibility index (Phi) is 3.89. The fourth-order valence-corrected chi connectivity index (χ4v) is 4.19. The van der Waals surface area contributed by atoms with Crippen LogP contribution in [-0.4, -0.2) is 78.6 Å². The molecule has 1 saturated carbocycles. The number of amides is 3. The first-order chi connectivity index (χ1) is 12.1. The fraction of sp³-hybridized carbons (Fsp3) is 0.833. The molecule has 1 aliphatic carbocycles. The number of hydroxylamine groups is 3. The third-order valence-corrected chi connectivity index (χ3v) is 5.55. The van der Waals surface area contributed by atoms with Crippen molar-refractivity contribution in [3.63, 3.8) is 0 Å². The van der Waals surface area contributed by atoms with E-state index in [1.54, 1.807) is 0 Å². The highest BCUT2D eigenvalue weighted by Gasteiger charge is 2.62. The summed E-state index contributed by atoms with van der Waals surface area (Å²) in [6.07, 6.45) is -1.21. The van der Waals surface area contributed by atoms with Crippen LogP contribution in [0.3, 0.4) is 0 Å². The van der Waals surface area contributed by atoms with Crippen molar-refractivity contribution in [3.05, 3.63) is 0 Å². The van der Waals surface area contributed by atoms with Crippen molar-refractivity contribution in [2.75, 3.05) is 19.6 Å². The van der Waals surface area contributed by atoms with Gasteiger partial charge in [-0.05, 0) is 0 Å². The van der Waals surface area contributed by atoms with Gasteiger partial charge in [0.1, 0.15) is 12.1 Å². The van der Waals surface area contributed by atoms with Crippen LogP contribution in [0.4, 0.5) is 13.6 Å². The molecule has 4 fully saturated rings. The lowest BCUT2D eigenvalue weighted by molar-refractivity contribution is -0.160. The molecule has 3 saturated heterocycles. The van der Waals surface area contributed by atoms with Crippen molar-refractivity contribution in [3.8, 4) is 0 Å². The molecule has 146 valence electrons. The molecule has 3 aliphatic heterocycles. The number of hydrogen-bond acceptors (Lipinski definition) is 7. The molecule has 4 aliphatic rings. The van der Waals surface area contributed by atoms with Crippen LogP contribution in [0.5, 0.6) is 0 Å². The number of nitrogens with one attached hydrogen (secondary N) is 2. The number of rotatable bonds is 5. The second kappa shape index (κ2) is 5.69. The molecule has 0 radical (unpaired) electrons. The number of fused-ring (bicyclic) bond motifs is 3. The molecule has 2 bridgehead atoms. The molecule has 0 aromatic rings. The molecule has 3 heterocycles. The first-order valence-electron chi connectivity index (χ1n) is 7.89. The van der Waals surface area contributed by atoms with E-state index in [9.17, 15) is 26.8 Å². The first-order valence-corrected chi connectivity index (χ1v) is 9.26. The lowest BCUT2D eigenvalue weighted by Gasteiger charge is -2.34. The predicted octanol–water partition coefficient (Wildman–Crippen LogP) is -1.50. The molecule has 0 aromatic heterocycles. The number of alkyl halides is 2. The Morgan fingerprint density at radius 1 is 1.35 bits per heavy atom. The maximum absolute atomic E-state index is 14.3. The summed E-state index contributed by atoms with van der Waals surface area (Å²) in [4.78, 5) is 30.4. The minimum Gasteiger partial charge on any atom is -0.316 e. The predicted molar refractivity (Wildman–Crippen MR) is 76.6 cm³/mol. The Morgan fingerprint density at radius 2 is 2.00 bits per heavy atom. The van der Waals surface area contributed by atoms with Crippen molar-refractivity contribution in [1.29, 1.82) is 0 Å². The van der Waals surface area contributed by atoms with Gasteiger partial charge in [0, 0.05) is 31.3 Å². The summed E-state index contributed by atoms with van der Waals surface area (Å²) in [6, 6.07) is -4.74. The number of carbonyl (C=O) groups excluding carboxylic acids is 2. The number of hydrogen-bond donors (Lipinski definition) is 3. The average Bonchev–Trinajstić information content (AvgIpc) is 2.87. The molecular weight excluding hydrogens is 382 g/mol. The van der Waals surface area contributed by atoms with Crippen LogP contribution in [0.15, 0.2) is 0 Å². The van der Waals surface area contributed by atoms with Gasteiger partial charge in [-0.15, -0.1) is 4.28 Å². The van der Waals surface area contributed by atoms with Crippen molar-refractivity contribution in [1.82, 2.24) is 20.8 Å². The highest BCUT2D eigenvalue weighted by Crippen LogP contribution is 2.44. The minimum absolute atomic E-state index is 0.111. The number of nitrogens with zero attached hydrogens (tertiary/aromatic N) is 2. The largest absolute Gasteiger partial charge is 0.418 e. The number of halogens is 2. The lowest BCUT2D eigenvalue weighted by atomic mass is 9.96. The van der Waals surface area contributed by atoms with E-state index in [-0.39, 0.29) is 23.0 Å². The normalized spacial score (nSPS) is 37.7. The van der Waals surface area contributed by atoms with Crippen LogP contribution in [0.1, 0.15) is 6.42 Å². The van der Waals surface area contributed by atoms with E-state index < -0.39 is 53.3 Å². The van der Waals surface area contributed by atoms with Gasteiger partial charge in [0.25, 0.3) is 11.8 Å². The van der Waals surface area contributed by atoms with E-state index in [1.807, 2.05) is 0 Å². The Labute approximate surface area is 146 Å². The zero-order chi connectivity index (χ0) is 18.9. The number of urea groups is 1. The summed E-state index contributed by atoms with van der Waals surface area (Å²) in [7, 11) is -5.18. The zero-order valence-electron chi connectivity index (χ0n) is 13.2. The highest BCUT2D eigenvalue weighted by atomic mass is 32.3. The summed E-state index contributed by atoms with van der Waals surface area (Å²) in [5.74, 6) is -4.00. The van der Waals surface area contributed by atoms with E-state index >= 15 is 0 Å². The molecule has 4 atom stereocenters. The molecule has 4 unspecified atom stereocenters. The Balaban J connectivity index is 1.44. The van der Waals surface area contributed by atoms with Gasteiger partial charge in [-0.3, -0.25) is 14.2 Å². The maximum atomic E-state index is 14.3. The summed E-state index contributed by atoms with van der Waals surface area (Å²) in [5, 5.41) is 3.02. The highest BCUT2D eigenvalue weighted by molar-refractivity contribution is 7.80. The van der Waals surface area contributed by atoms with Crippen molar-refractivity contribution in [2.24, 2.45) is 11.8 Å². The smallest absolute Gasteiger partial charge is 0.316 e. The second-order valence-electron chi connectivity index (χ2n) is 6.79. The molecule has 26 heavy (non-hydrogen) atoms. The van der Waals surface area contributed by atoms with Crippen LogP contribution in [0.2, 0.25) is 0 Å². The van der Waals surface area contributed by atoms with Gasteiger partial charge >= 0.3 is 16.4 Å². The van der Waals surface area contributed by atoms with Crippen molar-refractivity contribution in [2.45, 2.75) is 30.5 Å². The second-order valence-corrected chi connectivity index (χ2v) is 7.80. The van der Waals surface area contributed by atoms with E-state index in [1.165, 1.54) is 0 Å².